The van der Waals surface area contributed by atoms with Gasteiger partial charge in [0, 0.05) is 5.92 Å². The number of esters is 2. The zero-order chi connectivity index (χ0) is 20.1. The average molecular weight is 428 g/mol. The van der Waals surface area contributed by atoms with Gasteiger partial charge in [0.15, 0.2) is 0 Å². The van der Waals surface area contributed by atoms with Crippen molar-refractivity contribution < 1.29 is 19.1 Å². The van der Waals surface area contributed by atoms with Crippen LogP contribution in [0.3, 0.4) is 0 Å². The summed E-state index contributed by atoms with van der Waals surface area (Å²) in [5.41, 5.74) is 7.44. The molecule has 4 atom stereocenters. The molecule has 1 spiro atoms. The largest absolute Gasteiger partial charge is 0.461 e. The van der Waals surface area contributed by atoms with Crippen LogP contribution in [-0.2, 0) is 32.3 Å². The smallest absolute Gasteiger partial charge is 0.326 e. The summed E-state index contributed by atoms with van der Waals surface area (Å²) in [5.74, 6) is -0.931. The molecule has 5 nitrogen and oxygen atoms in total. The first-order valence-electron chi connectivity index (χ1n) is 10.2. The molecule has 2 aromatic rings. The molecule has 3 fully saturated rings. The zero-order valence-electron chi connectivity index (χ0n) is 16.7. The Bertz CT molecular complexity index is 931. The van der Waals surface area contributed by atoms with Gasteiger partial charge < -0.3 is 15.2 Å². The number of ether oxygens (including phenoxy) is 2. The molecule has 3 saturated carbocycles. The Balaban J connectivity index is 0.00000218. The second kappa shape index (κ2) is 7.71. The van der Waals surface area contributed by atoms with Crippen LogP contribution >= 0.6 is 12.4 Å². The van der Waals surface area contributed by atoms with E-state index < -0.39 is 11.5 Å². The van der Waals surface area contributed by atoms with Gasteiger partial charge in [0.05, 0.1) is 5.92 Å². The summed E-state index contributed by atoms with van der Waals surface area (Å²) in [5, 5.41) is 0. The van der Waals surface area contributed by atoms with Crippen molar-refractivity contribution >= 4 is 24.3 Å². The standard InChI is InChI=1S/C24H25NO4.ClH/c25-24(22(27)29-14-17-9-5-2-6-10-17)15-23(11-12-23)19-18(20(19)24)21(26)28-13-16-7-3-1-4-8-16;/h1-10,18-20H,11-15,25H2;1H/t18-,19-,20+,24-;/m0./s1. The van der Waals surface area contributed by atoms with E-state index in [1.165, 1.54) is 0 Å². The second-order valence-electron chi connectivity index (χ2n) is 8.81. The fourth-order valence-electron chi connectivity index (χ4n) is 5.39. The van der Waals surface area contributed by atoms with Crippen LogP contribution in [0.15, 0.2) is 60.7 Å². The van der Waals surface area contributed by atoms with Crippen molar-refractivity contribution in [3.63, 3.8) is 0 Å². The molecule has 0 bridgehead atoms. The first-order valence-corrected chi connectivity index (χ1v) is 10.2. The Kier molecular flexibility index (Phi) is 5.37. The molecule has 158 valence electrons. The molecular formula is C24H26ClNO4. The summed E-state index contributed by atoms with van der Waals surface area (Å²) in [7, 11) is 0. The van der Waals surface area contributed by atoms with Crippen LogP contribution < -0.4 is 5.73 Å². The van der Waals surface area contributed by atoms with Gasteiger partial charge in [-0.1, -0.05) is 60.7 Å². The molecule has 0 aromatic heterocycles. The number of carbonyl (C=O) groups excluding carboxylic acids is 2. The molecule has 3 aliphatic rings. The van der Waals surface area contributed by atoms with E-state index in [0.717, 1.165) is 24.0 Å². The molecule has 0 amide bonds. The Morgan fingerprint density at radius 2 is 1.40 bits per heavy atom. The summed E-state index contributed by atoms with van der Waals surface area (Å²) in [6.45, 7) is 0.449. The third-order valence-electron chi connectivity index (χ3n) is 6.95. The van der Waals surface area contributed by atoms with Gasteiger partial charge in [-0.3, -0.25) is 9.59 Å². The van der Waals surface area contributed by atoms with E-state index in [9.17, 15) is 9.59 Å². The highest BCUT2D eigenvalue weighted by molar-refractivity contribution is 5.87. The van der Waals surface area contributed by atoms with E-state index >= 15 is 0 Å². The summed E-state index contributed by atoms with van der Waals surface area (Å²) < 4.78 is 11.1. The molecule has 0 radical (unpaired) electrons. The third-order valence-corrected chi connectivity index (χ3v) is 6.95. The minimum Gasteiger partial charge on any atom is -0.461 e. The van der Waals surface area contributed by atoms with E-state index in [0.29, 0.717) is 6.42 Å². The van der Waals surface area contributed by atoms with Crippen molar-refractivity contribution in [2.24, 2.45) is 28.9 Å². The van der Waals surface area contributed by atoms with Gasteiger partial charge in [0.2, 0.25) is 0 Å². The lowest BCUT2D eigenvalue weighted by molar-refractivity contribution is -0.154. The fraction of sp³-hybridized carbons (Fsp3) is 0.417. The average Bonchev–Trinajstić information content (AvgIpc) is 3.65. The Morgan fingerprint density at radius 3 is 1.93 bits per heavy atom. The summed E-state index contributed by atoms with van der Waals surface area (Å²) >= 11 is 0. The number of fused-ring (bicyclic) bond motifs is 2. The van der Waals surface area contributed by atoms with Crippen molar-refractivity contribution in [3.8, 4) is 0 Å². The van der Waals surface area contributed by atoms with Crippen LogP contribution in [0.2, 0.25) is 0 Å². The normalized spacial score (nSPS) is 29.4. The van der Waals surface area contributed by atoms with Crippen LogP contribution in [0.4, 0.5) is 0 Å². The van der Waals surface area contributed by atoms with Gasteiger partial charge in [-0.25, -0.2) is 0 Å². The molecule has 0 saturated heterocycles. The van der Waals surface area contributed by atoms with Crippen molar-refractivity contribution in [1.82, 2.24) is 0 Å². The van der Waals surface area contributed by atoms with Crippen LogP contribution in [0.5, 0.6) is 0 Å². The molecule has 6 heteroatoms. The maximum absolute atomic E-state index is 12.9. The quantitative estimate of drug-likeness (QED) is 0.712. The Labute approximate surface area is 182 Å². The molecule has 0 unspecified atom stereocenters. The Hall–Kier alpha value is -2.37. The topological polar surface area (TPSA) is 78.6 Å². The molecule has 3 aliphatic carbocycles. The minimum atomic E-state index is -1.09. The summed E-state index contributed by atoms with van der Waals surface area (Å²) in [4.78, 5) is 25.7. The minimum absolute atomic E-state index is 0. The number of benzene rings is 2. The summed E-state index contributed by atoms with van der Waals surface area (Å²) in [6, 6.07) is 19.2. The SMILES string of the molecule is Cl.N[C@@]1(C(=O)OCc2ccccc2)CC2(CC2)[C@H]2[C@H](C(=O)OCc3ccccc3)[C@H]21. The fourth-order valence-corrected chi connectivity index (χ4v) is 5.39. The third kappa shape index (κ3) is 3.50. The van der Waals surface area contributed by atoms with Gasteiger partial charge in [0.25, 0.3) is 0 Å². The first-order chi connectivity index (χ1) is 14.0. The van der Waals surface area contributed by atoms with E-state index in [1.54, 1.807) is 0 Å². The van der Waals surface area contributed by atoms with Gasteiger partial charge in [-0.2, -0.15) is 0 Å². The molecule has 30 heavy (non-hydrogen) atoms. The highest BCUT2D eigenvalue weighted by Gasteiger charge is 2.81. The van der Waals surface area contributed by atoms with Crippen LogP contribution in [0, 0.1) is 23.2 Å². The maximum atomic E-state index is 12.9. The van der Waals surface area contributed by atoms with E-state index in [-0.39, 0.29) is 54.8 Å². The molecule has 2 N–H and O–H groups in total. The van der Waals surface area contributed by atoms with Gasteiger partial charge in [0.1, 0.15) is 18.8 Å². The molecule has 5 rings (SSSR count). The number of hydrogen-bond acceptors (Lipinski definition) is 5. The molecular weight excluding hydrogens is 402 g/mol. The van der Waals surface area contributed by atoms with Crippen molar-refractivity contribution in [3.05, 3.63) is 71.8 Å². The molecule has 0 heterocycles. The van der Waals surface area contributed by atoms with Gasteiger partial charge >= 0.3 is 11.9 Å². The van der Waals surface area contributed by atoms with Crippen LogP contribution in [0.1, 0.15) is 30.4 Å². The lowest BCUT2D eigenvalue weighted by Gasteiger charge is -2.27. The van der Waals surface area contributed by atoms with Crippen LogP contribution in [0.25, 0.3) is 0 Å². The number of rotatable bonds is 6. The number of carbonyl (C=O) groups is 2. The maximum Gasteiger partial charge on any atom is 0.326 e. The molecule has 0 aliphatic heterocycles. The zero-order valence-corrected chi connectivity index (χ0v) is 17.5. The second-order valence-corrected chi connectivity index (χ2v) is 8.81. The van der Waals surface area contributed by atoms with Crippen molar-refractivity contribution in [2.45, 2.75) is 38.0 Å². The number of halogens is 1. The van der Waals surface area contributed by atoms with E-state index in [1.807, 2.05) is 60.7 Å². The summed E-state index contributed by atoms with van der Waals surface area (Å²) in [6.07, 6.45) is 2.68. The van der Waals surface area contributed by atoms with E-state index in [2.05, 4.69) is 0 Å². The highest BCUT2D eigenvalue weighted by atomic mass is 35.5. The van der Waals surface area contributed by atoms with Crippen molar-refractivity contribution in [2.75, 3.05) is 0 Å². The number of hydrogen-bond donors (Lipinski definition) is 1. The predicted molar refractivity (Wildman–Crippen MR) is 113 cm³/mol. The lowest BCUT2D eigenvalue weighted by atomic mass is 9.86. The van der Waals surface area contributed by atoms with Crippen molar-refractivity contribution in [1.29, 1.82) is 0 Å². The predicted octanol–water partition coefficient (Wildman–Crippen LogP) is 3.64. The first kappa shape index (κ1) is 20.9. The monoisotopic (exact) mass is 427 g/mol. The highest BCUT2D eigenvalue weighted by Crippen LogP contribution is 2.78. The van der Waals surface area contributed by atoms with Gasteiger partial charge in [-0.15, -0.1) is 12.4 Å². The Morgan fingerprint density at radius 1 is 0.867 bits per heavy atom. The van der Waals surface area contributed by atoms with E-state index in [4.69, 9.17) is 15.2 Å². The molecule has 2 aromatic carbocycles. The number of nitrogens with two attached hydrogens (primary N) is 1. The van der Waals surface area contributed by atoms with Crippen LogP contribution in [-0.4, -0.2) is 17.5 Å². The van der Waals surface area contributed by atoms with Gasteiger partial charge in [-0.05, 0) is 41.7 Å². The lowest BCUT2D eigenvalue weighted by Crippen LogP contribution is -2.51.